The van der Waals surface area contributed by atoms with Gasteiger partial charge in [-0.05, 0) is 56.5 Å². The smallest absolute Gasteiger partial charge is 0.356 e. The van der Waals surface area contributed by atoms with Crippen LogP contribution in [-0.4, -0.2) is 27.7 Å². The number of hydrogen-bond donors (Lipinski definition) is 1. The van der Waals surface area contributed by atoms with Gasteiger partial charge in [0.1, 0.15) is 5.82 Å². The zero-order chi connectivity index (χ0) is 21.4. The Morgan fingerprint density at radius 3 is 2.27 bits per heavy atom. The summed E-state index contributed by atoms with van der Waals surface area (Å²) in [5.41, 5.74) is 8.01. The van der Waals surface area contributed by atoms with Crippen LogP contribution < -0.4 is 5.32 Å². The highest BCUT2D eigenvalue weighted by Crippen LogP contribution is 2.34. The first-order valence-electron chi connectivity index (χ1n) is 9.78. The van der Waals surface area contributed by atoms with Gasteiger partial charge >= 0.3 is 5.97 Å². The lowest BCUT2D eigenvalue weighted by atomic mass is 9.96. The van der Waals surface area contributed by atoms with Crippen molar-refractivity contribution in [1.82, 2.24) is 14.6 Å². The van der Waals surface area contributed by atoms with E-state index < -0.39 is 5.97 Å². The second kappa shape index (κ2) is 7.63. The minimum atomic E-state index is -0.490. The molecule has 0 aliphatic heterocycles. The highest BCUT2D eigenvalue weighted by molar-refractivity contribution is 5.91. The Balaban J connectivity index is 1.98. The first-order chi connectivity index (χ1) is 14.4. The van der Waals surface area contributed by atoms with Crippen LogP contribution in [0.2, 0.25) is 0 Å². The molecule has 0 amide bonds. The van der Waals surface area contributed by atoms with Crippen molar-refractivity contribution in [1.29, 1.82) is 0 Å². The van der Waals surface area contributed by atoms with Crippen molar-refractivity contribution in [2.45, 2.75) is 27.7 Å². The summed E-state index contributed by atoms with van der Waals surface area (Å²) in [6.45, 7) is 8.14. The summed E-state index contributed by atoms with van der Waals surface area (Å²) in [5, 5.41) is 8.12. The standard InChI is InChI=1S/C24H24N4O2/c1-14-9-11-18(12-10-14)25-20-13-19(24(29)30-5)26-23-22(17(4)27-28(20)23)21-15(2)7-6-8-16(21)3/h6-13,25H,1-5H3. The SMILES string of the molecule is COC(=O)c1cc(Nc2ccc(C)cc2)n2nc(C)c(-c3c(C)cccc3C)c2n1. The Labute approximate surface area is 175 Å². The molecular weight excluding hydrogens is 376 g/mol. The summed E-state index contributed by atoms with van der Waals surface area (Å²) in [4.78, 5) is 17.0. The molecule has 1 N–H and O–H groups in total. The molecule has 0 bridgehead atoms. The Morgan fingerprint density at radius 1 is 0.967 bits per heavy atom. The largest absolute Gasteiger partial charge is 0.464 e. The number of fused-ring (bicyclic) bond motifs is 1. The molecule has 30 heavy (non-hydrogen) atoms. The summed E-state index contributed by atoms with van der Waals surface area (Å²) >= 11 is 0. The monoisotopic (exact) mass is 400 g/mol. The van der Waals surface area contributed by atoms with Gasteiger partial charge in [0.05, 0.1) is 18.4 Å². The number of hydrogen-bond acceptors (Lipinski definition) is 5. The molecule has 2 aromatic heterocycles. The van der Waals surface area contributed by atoms with E-state index in [0.717, 1.165) is 33.6 Å². The molecule has 0 saturated carbocycles. The normalized spacial score (nSPS) is 11.0. The van der Waals surface area contributed by atoms with E-state index in [-0.39, 0.29) is 5.69 Å². The van der Waals surface area contributed by atoms with Crippen LogP contribution in [0.1, 0.15) is 32.9 Å². The van der Waals surface area contributed by atoms with E-state index in [4.69, 9.17) is 9.84 Å². The van der Waals surface area contributed by atoms with Gasteiger partial charge in [0.25, 0.3) is 0 Å². The van der Waals surface area contributed by atoms with Crippen molar-refractivity contribution in [3.8, 4) is 11.1 Å². The molecule has 0 radical (unpaired) electrons. The maximum absolute atomic E-state index is 12.4. The second-order valence-corrected chi connectivity index (χ2v) is 7.47. The minimum Gasteiger partial charge on any atom is -0.464 e. The van der Waals surface area contributed by atoms with Crippen molar-refractivity contribution in [2.24, 2.45) is 0 Å². The summed E-state index contributed by atoms with van der Waals surface area (Å²) in [6.07, 6.45) is 0. The molecule has 0 aliphatic rings. The summed E-state index contributed by atoms with van der Waals surface area (Å²) in [6, 6.07) is 15.9. The Bertz CT molecular complexity index is 1240. The molecule has 0 spiro atoms. The molecule has 2 heterocycles. The molecule has 2 aromatic carbocycles. The summed E-state index contributed by atoms with van der Waals surface area (Å²) in [5.74, 6) is 0.153. The highest BCUT2D eigenvalue weighted by atomic mass is 16.5. The fraction of sp³-hybridized carbons (Fsp3) is 0.208. The molecule has 0 unspecified atom stereocenters. The number of carbonyl (C=O) groups is 1. The van der Waals surface area contributed by atoms with E-state index in [0.29, 0.717) is 11.5 Å². The summed E-state index contributed by atoms with van der Waals surface area (Å²) in [7, 11) is 1.36. The maximum Gasteiger partial charge on any atom is 0.356 e. The third-order valence-corrected chi connectivity index (χ3v) is 5.21. The van der Waals surface area contributed by atoms with E-state index in [1.807, 2.05) is 44.2 Å². The van der Waals surface area contributed by atoms with Gasteiger partial charge in [0.2, 0.25) is 0 Å². The lowest BCUT2D eigenvalue weighted by molar-refractivity contribution is 0.0594. The van der Waals surface area contributed by atoms with E-state index in [1.54, 1.807) is 10.6 Å². The summed E-state index contributed by atoms with van der Waals surface area (Å²) < 4.78 is 6.70. The lowest BCUT2D eigenvalue weighted by Gasteiger charge is -2.12. The van der Waals surface area contributed by atoms with Crippen LogP contribution in [0.25, 0.3) is 16.8 Å². The Kier molecular flexibility index (Phi) is 4.99. The first kappa shape index (κ1) is 19.6. The number of carbonyl (C=O) groups excluding carboxylic acids is 1. The predicted octanol–water partition coefficient (Wildman–Crippen LogP) is 5.16. The van der Waals surface area contributed by atoms with Gasteiger partial charge in [-0.3, -0.25) is 0 Å². The van der Waals surface area contributed by atoms with Gasteiger partial charge in [-0.15, -0.1) is 0 Å². The topological polar surface area (TPSA) is 68.5 Å². The molecule has 0 saturated heterocycles. The van der Waals surface area contributed by atoms with E-state index in [2.05, 4.69) is 36.3 Å². The van der Waals surface area contributed by atoms with Gasteiger partial charge < -0.3 is 10.1 Å². The van der Waals surface area contributed by atoms with E-state index in [9.17, 15) is 4.79 Å². The molecule has 152 valence electrons. The number of nitrogens with zero attached hydrogens (tertiary/aromatic N) is 3. The van der Waals surface area contributed by atoms with Crippen LogP contribution in [-0.2, 0) is 4.74 Å². The third kappa shape index (κ3) is 3.41. The number of benzene rings is 2. The van der Waals surface area contributed by atoms with Gasteiger partial charge in [0, 0.05) is 11.8 Å². The Hall–Kier alpha value is -3.67. The molecule has 0 fully saturated rings. The molecular formula is C24H24N4O2. The van der Waals surface area contributed by atoms with Crippen LogP contribution in [0, 0.1) is 27.7 Å². The van der Waals surface area contributed by atoms with E-state index >= 15 is 0 Å². The van der Waals surface area contributed by atoms with Crippen LogP contribution >= 0.6 is 0 Å². The second-order valence-electron chi connectivity index (χ2n) is 7.47. The lowest BCUT2D eigenvalue weighted by Crippen LogP contribution is -2.09. The number of aryl methyl sites for hydroxylation is 4. The van der Waals surface area contributed by atoms with Crippen LogP contribution in [0.15, 0.2) is 48.5 Å². The number of esters is 1. The van der Waals surface area contributed by atoms with Crippen molar-refractivity contribution < 1.29 is 9.53 Å². The highest BCUT2D eigenvalue weighted by Gasteiger charge is 2.21. The quantitative estimate of drug-likeness (QED) is 0.479. The first-order valence-corrected chi connectivity index (χ1v) is 9.78. The van der Waals surface area contributed by atoms with Gasteiger partial charge in [-0.1, -0.05) is 35.9 Å². The number of nitrogens with one attached hydrogen (secondary N) is 1. The molecule has 4 rings (SSSR count). The van der Waals surface area contributed by atoms with Crippen LogP contribution in [0.5, 0.6) is 0 Å². The van der Waals surface area contributed by atoms with Crippen molar-refractivity contribution in [3.05, 3.63) is 76.6 Å². The molecule has 0 aliphatic carbocycles. The molecule has 6 heteroatoms. The van der Waals surface area contributed by atoms with Crippen molar-refractivity contribution >= 4 is 23.1 Å². The van der Waals surface area contributed by atoms with E-state index in [1.165, 1.54) is 12.7 Å². The zero-order valence-corrected chi connectivity index (χ0v) is 17.8. The maximum atomic E-state index is 12.4. The zero-order valence-electron chi connectivity index (χ0n) is 17.8. The Morgan fingerprint density at radius 2 is 1.63 bits per heavy atom. The average molecular weight is 400 g/mol. The number of methoxy groups -OCH3 is 1. The third-order valence-electron chi connectivity index (χ3n) is 5.21. The van der Waals surface area contributed by atoms with Crippen LogP contribution in [0.4, 0.5) is 11.5 Å². The minimum absolute atomic E-state index is 0.229. The van der Waals surface area contributed by atoms with Gasteiger partial charge in [-0.2, -0.15) is 9.61 Å². The predicted molar refractivity (Wildman–Crippen MR) is 118 cm³/mol. The van der Waals surface area contributed by atoms with Crippen LogP contribution in [0.3, 0.4) is 0 Å². The number of ether oxygens (including phenoxy) is 1. The fourth-order valence-corrected chi connectivity index (χ4v) is 3.71. The van der Waals surface area contributed by atoms with Crippen molar-refractivity contribution in [2.75, 3.05) is 12.4 Å². The van der Waals surface area contributed by atoms with Gasteiger partial charge in [-0.25, -0.2) is 9.78 Å². The number of anilines is 2. The molecule has 0 atom stereocenters. The van der Waals surface area contributed by atoms with Gasteiger partial charge in [0.15, 0.2) is 11.3 Å². The average Bonchev–Trinajstić information content (AvgIpc) is 3.05. The van der Waals surface area contributed by atoms with Crippen molar-refractivity contribution in [3.63, 3.8) is 0 Å². The molecule has 4 aromatic rings. The number of rotatable bonds is 4. The fourth-order valence-electron chi connectivity index (χ4n) is 3.71. The molecule has 6 nitrogen and oxygen atoms in total. The number of aromatic nitrogens is 3.